The van der Waals surface area contributed by atoms with E-state index in [1.807, 2.05) is 24.3 Å². The first-order valence-electron chi connectivity index (χ1n) is 8.33. The molecule has 0 atom stereocenters. The number of rotatable bonds is 2. The largest absolute Gasteiger partial charge is 0.357 e. The summed E-state index contributed by atoms with van der Waals surface area (Å²) in [5.74, 6) is 0.891. The van der Waals surface area contributed by atoms with Gasteiger partial charge in [0, 0.05) is 31.5 Å². The van der Waals surface area contributed by atoms with E-state index in [9.17, 15) is 10.1 Å². The first-order chi connectivity index (χ1) is 11.8. The van der Waals surface area contributed by atoms with Crippen LogP contribution in [0.3, 0.4) is 0 Å². The highest BCUT2D eigenvalue weighted by molar-refractivity contribution is 6.07. The van der Waals surface area contributed by atoms with E-state index in [0.29, 0.717) is 17.7 Å². The van der Waals surface area contributed by atoms with Gasteiger partial charge in [0.2, 0.25) is 0 Å². The molecule has 0 spiro atoms. The van der Waals surface area contributed by atoms with E-state index in [4.69, 9.17) is 0 Å². The van der Waals surface area contributed by atoms with Crippen molar-refractivity contribution in [3.8, 4) is 6.07 Å². The summed E-state index contributed by atoms with van der Waals surface area (Å²) in [6.07, 6.45) is 4.80. The molecule has 5 heteroatoms. The highest BCUT2D eigenvalue weighted by Crippen LogP contribution is 2.31. The lowest BCUT2D eigenvalue weighted by Gasteiger charge is -2.19. The van der Waals surface area contributed by atoms with Gasteiger partial charge in [-0.25, -0.2) is 4.98 Å². The van der Waals surface area contributed by atoms with E-state index in [1.165, 1.54) is 12.8 Å². The van der Waals surface area contributed by atoms with Crippen LogP contribution in [0.2, 0.25) is 0 Å². The molecule has 0 radical (unpaired) electrons. The lowest BCUT2D eigenvalue weighted by molar-refractivity contribution is 0.0989. The maximum atomic E-state index is 12.8. The molecular formula is C19H18N4O. The van der Waals surface area contributed by atoms with Crippen LogP contribution in [0.5, 0.6) is 0 Å². The number of carbonyl (C=O) groups excluding carboxylic acids is 1. The molecule has 24 heavy (non-hydrogen) atoms. The summed E-state index contributed by atoms with van der Waals surface area (Å²) in [5, 5.41) is 9.21. The average Bonchev–Trinajstić information content (AvgIpc) is 3.30. The standard InChI is InChI=1S/C19H18N4O/c20-12-14-4-3-5-17-16(14)8-11-23(17)19(24)15-6-7-18(21-13-15)22-9-1-2-10-22/h3-7,13H,1-2,8-11H2. The van der Waals surface area contributed by atoms with Gasteiger partial charge in [-0.15, -0.1) is 0 Å². The molecule has 1 aromatic carbocycles. The Bertz CT molecular complexity index is 816. The Kier molecular flexibility index (Phi) is 3.66. The van der Waals surface area contributed by atoms with E-state index in [2.05, 4.69) is 16.0 Å². The van der Waals surface area contributed by atoms with Crippen molar-refractivity contribution in [2.45, 2.75) is 19.3 Å². The number of amides is 1. The SMILES string of the molecule is N#Cc1cccc2c1CCN2C(=O)c1ccc(N2CCCC2)nc1. The molecule has 2 aliphatic heterocycles. The van der Waals surface area contributed by atoms with E-state index < -0.39 is 0 Å². The second kappa shape index (κ2) is 5.97. The third kappa shape index (κ3) is 2.41. The van der Waals surface area contributed by atoms with Crippen LogP contribution in [0.1, 0.15) is 34.3 Å². The second-order valence-corrected chi connectivity index (χ2v) is 6.22. The van der Waals surface area contributed by atoms with Crippen molar-refractivity contribution in [2.75, 3.05) is 29.4 Å². The smallest absolute Gasteiger partial charge is 0.259 e. The molecule has 0 aliphatic carbocycles. The summed E-state index contributed by atoms with van der Waals surface area (Å²) in [5.41, 5.74) is 3.07. The molecule has 0 bridgehead atoms. The van der Waals surface area contributed by atoms with E-state index in [1.54, 1.807) is 17.2 Å². The van der Waals surface area contributed by atoms with Crippen molar-refractivity contribution in [3.05, 3.63) is 53.2 Å². The monoisotopic (exact) mass is 318 g/mol. The van der Waals surface area contributed by atoms with Crippen LogP contribution in [0, 0.1) is 11.3 Å². The number of hydrogen-bond acceptors (Lipinski definition) is 4. The van der Waals surface area contributed by atoms with Crippen LogP contribution in [-0.2, 0) is 6.42 Å². The van der Waals surface area contributed by atoms with E-state index in [0.717, 1.165) is 36.6 Å². The van der Waals surface area contributed by atoms with Gasteiger partial charge in [-0.3, -0.25) is 4.79 Å². The summed E-state index contributed by atoms with van der Waals surface area (Å²) < 4.78 is 0. The number of anilines is 2. The molecule has 120 valence electrons. The van der Waals surface area contributed by atoms with Crippen molar-refractivity contribution in [1.29, 1.82) is 5.26 Å². The minimum absolute atomic E-state index is 0.0516. The molecule has 0 N–H and O–H groups in total. The zero-order chi connectivity index (χ0) is 16.5. The maximum absolute atomic E-state index is 12.8. The summed E-state index contributed by atoms with van der Waals surface area (Å²) in [6, 6.07) is 11.5. The number of pyridine rings is 1. The molecule has 1 aromatic heterocycles. The molecule has 4 rings (SSSR count). The number of hydrogen-bond donors (Lipinski definition) is 0. The van der Waals surface area contributed by atoms with Gasteiger partial charge in [-0.05, 0) is 49.1 Å². The highest BCUT2D eigenvalue weighted by Gasteiger charge is 2.27. The fourth-order valence-corrected chi connectivity index (χ4v) is 3.55. The lowest BCUT2D eigenvalue weighted by Crippen LogP contribution is -2.29. The van der Waals surface area contributed by atoms with Crippen LogP contribution in [0.15, 0.2) is 36.5 Å². The number of benzene rings is 1. The Balaban J connectivity index is 1.58. The van der Waals surface area contributed by atoms with Gasteiger partial charge in [0.1, 0.15) is 5.82 Å². The van der Waals surface area contributed by atoms with Crippen LogP contribution in [-0.4, -0.2) is 30.5 Å². The Labute approximate surface area is 141 Å². The molecule has 0 unspecified atom stereocenters. The third-order valence-electron chi connectivity index (χ3n) is 4.82. The normalized spacial score (nSPS) is 16.1. The van der Waals surface area contributed by atoms with Crippen LogP contribution < -0.4 is 9.80 Å². The molecule has 5 nitrogen and oxygen atoms in total. The van der Waals surface area contributed by atoms with E-state index >= 15 is 0 Å². The Morgan fingerprint density at radius 2 is 1.96 bits per heavy atom. The third-order valence-corrected chi connectivity index (χ3v) is 4.82. The molecule has 0 saturated carbocycles. The number of carbonyl (C=O) groups is 1. The summed E-state index contributed by atoms with van der Waals surface area (Å²) >= 11 is 0. The zero-order valence-electron chi connectivity index (χ0n) is 13.4. The Morgan fingerprint density at radius 3 is 2.67 bits per heavy atom. The quantitative estimate of drug-likeness (QED) is 0.854. The van der Waals surface area contributed by atoms with Crippen molar-refractivity contribution in [1.82, 2.24) is 4.98 Å². The predicted octanol–water partition coefficient (Wildman–Crippen LogP) is 2.76. The minimum Gasteiger partial charge on any atom is -0.357 e. The lowest BCUT2D eigenvalue weighted by atomic mass is 10.1. The van der Waals surface area contributed by atoms with Crippen molar-refractivity contribution < 1.29 is 4.79 Å². The number of aromatic nitrogens is 1. The number of nitriles is 1. The van der Waals surface area contributed by atoms with Gasteiger partial charge in [-0.2, -0.15) is 5.26 Å². The average molecular weight is 318 g/mol. The van der Waals surface area contributed by atoms with Crippen molar-refractivity contribution >= 4 is 17.4 Å². The molecular weight excluding hydrogens is 300 g/mol. The van der Waals surface area contributed by atoms with Crippen LogP contribution >= 0.6 is 0 Å². The molecule has 1 saturated heterocycles. The van der Waals surface area contributed by atoms with Crippen molar-refractivity contribution in [2.24, 2.45) is 0 Å². The predicted molar refractivity (Wildman–Crippen MR) is 92.2 cm³/mol. The summed E-state index contributed by atoms with van der Waals surface area (Å²) in [4.78, 5) is 21.3. The van der Waals surface area contributed by atoms with Gasteiger partial charge in [0.05, 0.1) is 17.2 Å². The fraction of sp³-hybridized carbons (Fsp3) is 0.316. The van der Waals surface area contributed by atoms with Gasteiger partial charge < -0.3 is 9.80 Å². The van der Waals surface area contributed by atoms with Crippen LogP contribution in [0.4, 0.5) is 11.5 Å². The second-order valence-electron chi connectivity index (χ2n) is 6.22. The van der Waals surface area contributed by atoms with Crippen LogP contribution in [0.25, 0.3) is 0 Å². The van der Waals surface area contributed by atoms with Gasteiger partial charge in [-0.1, -0.05) is 6.07 Å². The molecule has 2 aromatic rings. The first-order valence-corrected chi connectivity index (χ1v) is 8.33. The van der Waals surface area contributed by atoms with Crippen molar-refractivity contribution in [3.63, 3.8) is 0 Å². The summed E-state index contributed by atoms with van der Waals surface area (Å²) in [6.45, 7) is 2.69. The first kappa shape index (κ1) is 14.7. The maximum Gasteiger partial charge on any atom is 0.259 e. The van der Waals surface area contributed by atoms with Gasteiger partial charge in [0.15, 0.2) is 0 Å². The summed E-state index contributed by atoms with van der Waals surface area (Å²) in [7, 11) is 0. The molecule has 2 aliphatic rings. The molecule has 1 fully saturated rings. The topological polar surface area (TPSA) is 60.2 Å². The highest BCUT2D eigenvalue weighted by atomic mass is 16.2. The minimum atomic E-state index is -0.0516. The number of nitrogens with zero attached hydrogens (tertiary/aromatic N) is 4. The Hall–Kier alpha value is -2.87. The van der Waals surface area contributed by atoms with E-state index in [-0.39, 0.29) is 5.91 Å². The zero-order valence-corrected chi connectivity index (χ0v) is 13.4. The fourth-order valence-electron chi connectivity index (χ4n) is 3.55. The van der Waals surface area contributed by atoms with Gasteiger partial charge in [0.25, 0.3) is 5.91 Å². The Morgan fingerprint density at radius 1 is 1.12 bits per heavy atom. The number of fused-ring (bicyclic) bond motifs is 1. The molecule has 3 heterocycles. The molecule has 1 amide bonds. The van der Waals surface area contributed by atoms with Gasteiger partial charge >= 0.3 is 0 Å².